The number of nitrogens with one attached hydrogen (secondary N) is 1. The van der Waals surface area contributed by atoms with Gasteiger partial charge in [0.25, 0.3) is 0 Å². The third kappa shape index (κ3) is 5.73. The molecule has 0 saturated carbocycles. The van der Waals surface area contributed by atoms with Crippen molar-refractivity contribution in [2.75, 3.05) is 6.61 Å². The van der Waals surface area contributed by atoms with Crippen LogP contribution in [0, 0.1) is 0 Å². The van der Waals surface area contributed by atoms with Crippen LogP contribution in [0.5, 0.6) is 0 Å². The maximum absolute atomic E-state index is 12.7. The highest BCUT2D eigenvalue weighted by Crippen LogP contribution is 2.29. The molecule has 0 spiro atoms. The van der Waals surface area contributed by atoms with E-state index in [1.165, 1.54) is 4.57 Å². The average Bonchev–Trinajstić information content (AvgIpc) is 2.91. The fourth-order valence-corrected chi connectivity index (χ4v) is 2.83. The van der Waals surface area contributed by atoms with Crippen LogP contribution in [0.2, 0.25) is 0 Å². The number of hydrogen-bond acceptors (Lipinski definition) is 5. The molecular formula is C21H30N2O5. The van der Waals surface area contributed by atoms with Crippen LogP contribution in [0.3, 0.4) is 0 Å². The van der Waals surface area contributed by atoms with E-state index in [0.29, 0.717) is 11.1 Å². The van der Waals surface area contributed by atoms with Crippen molar-refractivity contribution < 1.29 is 24.2 Å². The Morgan fingerprint density at radius 3 is 2.25 bits per heavy atom. The van der Waals surface area contributed by atoms with Crippen molar-refractivity contribution in [1.29, 1.82) is 0 Å². The second kappa shape index (κ2) is 8.22. The highest BCUT2D eigenvalue weighted by atomic mass is 16.6. The number of aliphatic hydroxyl groups is 1. The fraction of sp³-hybridized carbons (Fsp3) is 0.524. The van der Waals surface area contributed by atoms with Gasteiger partial charge >= 0.3 is 12.2 Å². The molecule has 1 aromatic carbocycles. The zero-order valence-electron chi connectivity index (χ0n) is 17.4. The minimum Gasteiger partial charge on any atom is -0.444 e. The Morgan fingerprint density at radius 1 is 1.07 bits per heavy atom. The summed E-state index contributed by atoms with van der Waals surface area (Å²) in [7, 11) is 0. The van der Waals surface area contributed by atoms with Crippen LogP contribution < -0.4 is 5.32 Å². The van der Waals surface area contributed by atoms with Gasteiger partial charge in [-0.05, 0) is 54.0 Å². The number of amides is 1. The molecule has 0 aliphatic carbocycles. The van der Waals surface area contributed by atoms with Crippen LogP contribution in [0.1, 0.15) is 59.6 Å². The molecule has 0 unspecified atom stereocenters. The second-order valence-electron chi connectivity index (χ2n) is 8.66. The molecule has 1 aromatic heterocycles. The molecule has 0 saturated heterocycles. The maximum atomic E-state index is 12.7. The van der Waals surface area contributed by atoms with E-state index in [9.17, 15) is 14.7 Å². The molecule has 2 aromatic rings. The number of aliphatic hydroxyl groups excluding tert-OH is 1. The number of rotatable bonds is 4. The Hall–Kier alpha value is -2.54. The molecule has 2 N–H and O–H groups in total. The monoisotopic (exact) mass is 390 g/mol. The highest BCUT2D eigenvalue weighted by Gasteiger charge is 2.26. The van der Waals surface area contributed by atoms with E-state index >= 15 is 0 Å². The predicted molar refractivity (Wildman–Crippen MR) is 107 cm³/mol. The van der Waals surface area contributed by atoms with Crippen molar-refractivity contribution in [2.45, 2.75) is 65.2 Å². The number of nitrogens with zero attached hydrogens (tertiary/aromatic N) is 1. The number of aromatic nitrogens is 1. The fourth-order valence-electron chi connectivity index (χ4n) is 2.83. The molecule has 0 radical (unpaired) electrons. The van der Waals surface area contributed by atoms with Crippen LogP contribution in [0.4, 0.5) is 9.59 Å². The zero-order chi connectivity index (χ0) is 21.1. The van der Waals surface area contributed by atoms with Gasteiger partial charge in [-0.15, -0.1) is 0 Å². The lowest BCUT2D eigenvalue weighted by atomic mass is 10.0. The lowest BCUT2D eigenvalue weighted by Crippen LogP contribution is -2.35. The summed E-state index contributed by atoms with van der Waals surface area (Å²) in [5, 5.41) is 13.1. The number of benzene rings is 1. The van der Waals surface area contributed by atoms with Gasteiger partial charge in [0.1, 0.15) is 11.2 Å². The van der Waals surface area contributed by atoms with Crippen LogP contribution >= 0.6 is 0 Å². The normalized spacial score (nSPS) is 13.2. The first kappa shape index (κ1) is 21.8. The Morgan fingerprint density at radius 2 is 1.68 bits per heavy atom. The maximum Gasteiger partial charge on any atom is 0.419 e. The van der Waals surface area contributed by atoms with E-state index in [-0.39, 0.29) is 13.0 Å². The number of fused-ring (bicyclic) bond motifs is 1. The molecular weight excluding hydrogens is 360 g/mol. The molecule has 154 valence electrons. The molecule has 0 aliphatic heterocycles. The lowest BCUT2D eigenvalue weighted by Gasteiger charge is -2.23. The van der Waals surface area contributed by atoms with Crippen LogP contribution in [0.25, 0.3) is 10.9 Å². The summed E-state index contributed by atoms with van der Waals surface area (Å²) in [5.74, 6) is 0. The van der Waals surface area contributed by atoms with Gasteiger partial charge in [-0.25, -0.2) is 9.59 Å². The van der Waals surface area contributed by atoms with E-state index in [2.05, 4.69) is 5.32 Å². The molecule has 1 amide bonds. The van der Waals surface area contributed by atoms with Crippen LogP contribution in [-0.2, 0) is 9.47 Å². The molecule has 0 bridgehead atoms. The van der Waals surface area contributed by atoms with Crippen LogP contribution in [0.15, 0.2) is 30.5 Å². The topological polar surface area (TPSA) is 89.8 Å². The van der Waals surface area contributed by atoms with E-state index in [4.69, 9.17) is 9.47 Å². The number of para-hydroxylation sites is 1. The molecule has 2 rings (SSSR count). The van der Waals surface area contributed by atoms with Gasteiger partial charge in [-0.3, -0.25) is 4.57 Å². The minimum absolute atomic E-state index is 0.133. The summed E-state index contributed by atoms with van der Waals surface area (Å²) in [6, 6.07) is 6.84. The van der Waals surface area contributed by atoms with Gasteiger partial charge in [0, 0.05) is 23.8 Å². The molecule has 7 nitrogen and oxygen atoms in total. The van der Waals surface area contributed by atoms with E-state index in [0.717, 1.165) is 5.39 Å². The summed E-state index contributed by atoms with van der Waals surface area (Å²) < 4.78 is 12.3. The number of carbonyl (C=O) groups excluding carboxylic acids is 2. The van der Waals surface area contributed by atoms with E-state index < -0.39 is 29.4 Å². The average molecular weight is 390 g/mol. The van der Waals surface area contributed by atoms with Crippen molar-refractivity contribution >= 4 is 23.1 Å². The van der Waals surface area contributed by atoms with Crippen LogP contribution in [-0.4, -0.2) is 39.7 Å². The van der Waals surface area contributed by atoms with Crippen molar-refractivity contribution in [3.8, 4) is 0 Å². The summed E-state index contributed by atoms with van der Waals surface area (Å²) in [6.45, 7) is 10.6. The lowest BCUT2D eigenvalue weighted by molar-refractivity contribution is 0.0496. The molecule has 1 heterocycles. The smallest absolute Gasteiger partial charge is 0.419 e. The Bertz CT molecular complexity index is 843. The summed E-state index contributed by atoms with van der Waals surface area (Å²) in [6.07, 6.45) is 0.841. The first-order chi connectivity index (χ1) is 12.9. The van der Waals surface area contributed by atoms with Crippen molar-refractivity contribution in [2.24, 2.45) is 0 Å². The van der Waals surface area contributed by atoms with Crippen molar-refractivity contribution in [1.82, 2.24) is 9.88 Å². The van der Waals surface area contributed by atoms with E-state index in [1.807, 2.05) is 24.3 Å². The van der Waals surface area contributed by atoms with Gasteiger partial charge in [-0.1, -0.05) is 18.2 Å². The van der Waals surface area contributed by atoms with Gasteiger partial charge < -0.3 is 19.9 Å². The van der Waals surface area contributed by atoms with E-state index in [1.54, 1.807) is 47.7 Å². The highest BCUT2D eigenvalue weighted by molar-refractivity contribution is 5.92. The molecule has 0 aliphatic rings. The Labute approximate surface area is 165 Å². The first-order valence-electron chi connectivity index (χ1n) is 9.35. The molecule has 7 heteroatoms. The van der Waals surface area contributed by atoms with Crippen molar-refractivity contribution in [3.05, 3.63) is 36.0 Å². The first-order valence-corrected chi connectivity index (χ1v) is 9.35. The zero-order valence-corrected chi connectivity index (χ0v) is 17.4. The van der Waals surface area contributed by atoms with Gasteiger partial charge in [0.2, 0.25) is 0 Å². The third-order valence-corrected chi connectivity index (χ3v) is 3.82. The molecule has 0 fully saturated rings. The van der Waals surface area contributed by atoms with Crippen molar-refractivity contribution in [3.63, 3.8) is 0 Å². The number of hydrogen-bond donors (Lipinski definition) is 2. The second-order valence-corrected chi connectivity index (χ2v) is 8.66. The SMILES string of the molecule is CC(C)(C)OC(=O)N[C@H](CCO)c1cn(C(=O)OC(C)(C)C)c2ccccc12. The predicted octanol–water partition coefficient (Wildman–Crippen LogP) is 4.37. The summed E-state index contributed by atoms with van der Waals surface area (Å²) in [4.78, 5) is 24.9. The minimum atomic E-state index is -0.641. The van der Waals surface area contributed by atoms with Gasteiger partial charge in [0.05, 0.1) is 11.6 Å². The Balaban J connectivity index is 2.43. The van der Waals surface area contributed by atoms with Gasteiger partial charge in [0.15, 0.2) is 0 Å². The molecule has 1 atom stereocenters. The largest absolute Gasteiger partial charge is 0.444 e. The quantitative estimate of drug-likeness (QED) is 0.809. The number of carbonyl (C=O) groups is 2. The number of ether oxygens (including phenoxy) is 2. The third-order valence-electron chi connectivity index (χ3n) is 3.82. The molecule has 28 heavy (non-hydrogen) atoms. The number of alkyl carbamates (subject to hydrolysis) is 1. The standard InChI is InChI=1S/C21H30N2O5/c1-20(2,3)27-18(25)22-16(11-12-24)15-13-23(19(26)28-21(4,5)6)17-10-8-7-9-14(15)17/h7-10,13,16,24H,11-12H2,1-6H3,(H,22,25)/t16-/m1/s1. The van der Waals surface area contributed by atoms with Gasteiger partial charge in [-0.2, -0.15) is 0 Å². The Kier molecular flexibility index (Phi) is 6.39. The summed E-state index contributed by atoms with van der Waals surface area (Å²) >= 11 is 0. The summed E-state index contributed by atoms with van der Waals surface area (Å²) in [5.41, 5.74) is 0.0994.